The lowest BCUT2D eigenvalue weighted by atomic mass is 10.00. The number of aliphatic carboxylic acids is 1. The third kappa shape index (κ3) is 2.14. The van der Waals surface area contributed by atoms with E-state index in [0.717, 1.165) is 0 Å². The number of Topliss-reactive ketones (excluding diaryl/α,β-unsaturated/α-hetero) is 1. The molecule has 0 heterocycles. The predicted octanol–water partition coefficient (Wildman–Crippen LogP) is -0.377. The smallest absolute Gasteiger partial charge is 0.372 e. The van der Waals surface area contributed by atoms with Crippen molar-refractivity contribution < 1.29 is 14.7 Å². The predicted molar refractivity (Wildman–Crippen MR) is 35.5 cm³/mol. The van der Waals surface area contributed by atoms with Crippen LogP contribution in [0.3, 0.4) is 0 Å². The van der Waals surface area contributed by atoms with E-state index in [1.807, 2.05) is 0 Å². The Kier molecular flexibility index (Phi) is 3.02. The third-order valence-corrected chi connectivity index (χ3v) is 1.41. The molecule has 0 aliphatic rings. The maximum atomic E-state index is 10.6. The number of hydrogen-bond acceptors (Lipinski definition) is 3. The molecule has 0 saturated carbocycles. The van der Waals surface area contributed by atoms with E-state index in [1.165, 1.54) is 6.92 Å². The molecular formula is C6H11NO3. The average Bonchev–Trinajstić information content (AvgIpc) is 1.84. The molecule has 4 nitrogen and oxygen atoms in total. The second kappa shape index (κ2) is 3.31. The van der Waals surface area contributed by atoms with Gasteiger partial charge in [-0.15, -0.1) is 0 Å². The van der Waals surface area contributed by atoms with Gasteiger partial charge in [0.15, 0.2) is 0 Å². The molecule has 10 heavy (non-hydrogen) atoms. The largest absolute Gasteiger partial charge is 0.475 e. The summed E-state index contributed by atoms with van der Waals surface area (Å²) in [7, 11) is 0. The van der Waals surface area contributed by atoms with Crippen molar-refractivity contribution in [2.24, 2.45) is 11.7 Å². The van der Waals surface area contributed by atoms with Gasteiger partial charge in [-0.3, -0.25) is 4.79 Å². The van der Waals surface area contributed by atoms with Gasteiger partial charge in [-0.2, -0.15) is 0 Å². The highest BCUT2D eigenvalue weighted by Gasteiger charge is 2.22. The molecule has 0 spiro atoms. The number of nitrogens with two attached hydrogens (primary N) is 1. The number of carbonyl (C=O) groups excluding carboxylic acids is 1. The van der Waals surface area contributed by atoms with Gasteiger partial charge in [-0.1, -0.05) is 6.92 Å². The van der Waals surface area contributed by atoms with Crippen molar-refractivity contribution in [3.8, 4) is 0 Å². The SMILES string of the molecule is CC(N)C(C)C(=O)C(=O)O. The standard InChI is InChI=1S/C6H11NO3/c1-3(4(2)7)5(8)6(9)10/h3-4H,7H2,1-2H3,(H,9,10). The first-order chi connectivity index (χ1) is 4.46. The van der Waals surface area contributed by atoms with Crippen LogP contribution in [0.15, 0.2) is 0 Å². The first kappa shape index (κ1) is 9.10. The van der Waals surface area contributed by atoms with Crippen LogP contribution < -0.4 is 5.73 Å². The number of hydrogen-bond donors (Lipinski definition) is 2. The molecule has 0 aromatic rings. The zero-order valence-electron chi connectivity index (χ0n) is 6.00. The Balaban J connectivity index is 4.08. The number of carboxylic acids is 1. The van der Waals surface area contributed by atoms with Crippen molar-refractivity contribution in [3.63, 3.8) is 0 Å². The van der Waals surface area contributed by atoms with E-state index in [4.69, 9.17) is 10.8 Å². The van der Waals surface area contributed by atoms with E-state index < -0.39 is 23.7 Å². The maximum Gasteiger partial charge on any atom is 0.372 e. The minimum Gasteiger partial charge on any atom is -0.475 e. The zero-order valence-corrected chi connectivity index (χ0v) is 6.00. The van der Waals surface area contributed by atoms with Crippen LogP contribution in [0.5, 0.6) is 0 Å². The summed E-state index contributed by atoms with van der Waals surface area (Å²) in [4.78, 5) is 20.6. The normalized spacial score (nSPS) is 15.9. The number of carbonyl (C=O) groups is 2. The minimum atomic E-state index is -1.41. The molecule has 0 radical (unpaired) electrons. The van der Waals surface area contributed by atoms with Gasteiger partial charge in [-0.05, 0) is 6.92 Å². The molecule has 0 amide bonds. The fourth-order valence-corrected chi connectivity index (χ4v) is 0.434. The van der Waals surface area contributed by atoms with Gasteiger partial charge in [-0.25, -0.2) is 4.79 Å². The lowest BCUT2D eigenvalue weighted by Gasteiger charge is -2.10. The molecule has 2 unspecified atom stereocenters. The molecule has 0 aromatic heterocycles. The zero-order chi connectivity index (χ0) is 8.31. The molecule has 0 aliphatic heterocycles. The van der Waals surface area contributed by atoms with Gasteiger partial charge in [0.25, 0.3) is 0 Å². The Labute approximate surface area is 59.0 Å². The molecule has 0 saturated heterocycles. The van der Waals surface area contributed by atoms with Gasteiger partial charge in [0.05, 0.1) is 0 Å². The van der Waals surface area contributed by atoms with E-state index in [0.29, 0.717) is 0 Å². The Morgan fingerprint density at radius 1 is 1.40 bits per heavy atom. The van der Waals surface area contributed by atoms with Crippen molar-refractivity contribution in [2.45, 2.75) is 19.9 Å². The highest BCUT2D eigenvalue weighted by atomic mass is 16.4. The molecule has 0 rings (SSSR count). The molecule has 4 heteroatoms. The lowest BCUT2D eigenvalue weighted by molar-refractivity contribution is -0.151. The summed E-state index contributed by atoms with van der Waals surface area (Å²) < 4.78 is 0. The summed E-state index contributed by atoms with van der Waals surface area (Å²) in [5, 5.41) is 8.20. The van der Waals surface area contributed by atoms with Crippen LogP contribution in [-0.4, -0.2) is 22.9 Å². The summed E-state index contributed by atoms with van der Waals surface area (Å²) >= 11 is 0. The van der Waals surface area contributed by atoms with Crippen LogP contribution in [-0.2, 0) is 9.59 Å². The van der Waals surface area contributed by atoms with Crippen LogP contribution >= 0.6 is 0 Å². The monoisotopic (exact) mass is 145 g/mol. The highest BCUT2D eigenvalue weighted by Crippen LogP contribution is 2.00. The molecule has 0 aliphatic carbocycles. The van der Waals surface area contributed by atoms with Crippen LogP contribution in [0, 0.1) is 5.92 Å². The van der Waals surface area contributed by atoms with Crippen molar-refractivity contribution >= 4 is 11.8 Å². The van der Waals surface area contributed by atoms with Crippen LogP contribution in [0.25, 0.3) is 0 Å². The second-order valence-electron chi connectivity index (χ2n) is 2.32. The van der Waals surface area contributed by atoms with E-state index in [2.05, 4.69) is 0 Å². The van der Waals surface area contributed by atoms with E-state index >= 15 is 0 Å². The summed E-state index contributed by atoms with van der Waals surface area (Å²) in [6.07, 6.45) is 0. The average molecular weight is 145 g/mol. The topological polar surface area (TPSA) is 80.4 Å². The first-order valence-electron chi connectivity index (χ1n) is 2.99. The van der Waals surface area contributed by atoms with Gasteiger partial charge in [0, 0.05) is 12.0 Å². The quantitative estimate of drug-likeness (QED) is 0.530. The molecule has 0 aromatic carbocycles. The van der Waals surface area contributed by atoms with Crippen molar-refractivity contribution in [2.75, 3.05) is 0 Å². The number of carboxylic acid groups (broad SMARTS) is 1. The van der Waals surface area contributed by atoms with Crippen LogP contribution in [0.4, 0.5) is 0 Å². The second-order valence-corrected chi connectivity index (χ2v) is 2.32. The Morgan fingerprint density at radius 3 is 1.90 bits per heavy atom. The minimum absolute atomic E-state index is 0.399. The summed E-state index contributed by atoms with van der Waals surface area (Å²) in [6, 6.07) is -0.399. The summed E-state index contributed by atoms with van der Waals surface area (Å²) in [5.41, 5.74) is 5.29. The van der Waals surface area contributed by atoms with Crippen molar-refractivity contribution in [1.82, 2.24) is 0 Å². The van der Waals surface area contributed by atoms with E-state index in [-0.39, 0.29) is 0 Å². The molecule has 0 bridgehead atoms. The molecular weight excluding hydrogens is 134 g/mol. The lowest BCUT2D eigenvalue weighted by Crippen LogP contribution is -2.34. The van der Waals surface area contributed by atoms with Crippen LogP contribution in [0.2, 0.25) is 0 Å². The molecule has 58 valence electrons. The Bertz CT molecular complexity index is 153. The van der Waals surface area contributed by atoms with Crippen molar-refractivity contribution in [1.29, 1.82) is 0 Å². The first-order valence-corrected chi connectivity index (χ1v) is 2.99. The maximum absolute atomic E-state index is 10.6. The van der Waals surface area contributed by atoms with Crippen molar-refractivity contribution in [3.05, 3.63) is 0 Å². The highest BCUT2D eigenvalue weighted by molar-refractivity contribution is 6.33. The number of rotatable bonds is 3. The van der Waals surface area contributed by atoms with E-state index in [9.17, 15) is 9.59 Å². The van der Waals surface area contributed by atoms with Gasteiger partial charge in [0.1, 0.15) is 0 Å². The van der Waals surface area contributed by atoms with Gasteiger partial charge >= 0.3 is 5.97 Å². The van der Waals surface area contributed by atoms with Gasteiger partial charge in [0.2, 0.25) is 5.78 Å². The number of ketones is 1. The molecule has 0 fully saturated rings. The summed E-state index contributed by atoms with van der Waals surface area (Å²) in [6.45, 7) is 3.10. The fraction of sp³-hybridized carbons (Fsp3) is 0.667. The molecule has 3 N–H and O–H groups in total. The van der Waals surface area contributed by atoms with E-state index in [1.54, 1.807) is 6.92 Å². The van der Waals surface area contributed by atoms with Crippen LogP contribution in [0.1, 0.15) is 13.8 Å². The summed E-state index contributed by atoms with van der Waals surface area (Å²) in [5.74, 6) is -2.84. The van der Waals surface area contributed by atoms with Gasteiger partial charge < -0.3 is 10.8 Å². The fourth-order valence-electron chi connectivity index (χ4n) is 0.434. The third-order valence-electron chi connectivity index (χ3n) is 1.41. The molecule has 2 atom stereocenters. The Morgan fingerprint density at radius 2 is 1.80 bits per heavy atom. The Hall–Kier alpha value is -0.900.